The normalized spacial score (nSPS) is 11.1. The van der Waals surface area contributed by atoms with E-state index in [9.17, 15) is 0 Å². The third-order valence-corrected chi connectivity index (χ3v) is 5.51. The summed E-state index contributed by atoms with van der Waals surface area (Å²) < 4.78 is 5.97. The van der Waals surface area contributed by atoms with E-state index in [-0.39, 0.29) is 0 Å². The molecule has 0 amide bonds. The van der Waals surface area contributed by atoms with Gasteiger partial charge in [0.05, 0.1) is 18.5 Å². The van der Waals surface area contributed by atoms with Gasteiger partial charge in [0.1, 0.15) is 5.75 Å². The lowest BCUT2D eigenvalue weighted by Crippen LogP contribution is -2.00. The number of nitrogens with zero attached hydrogens (tertiary/aromatic N) is 2. The molecule has 0 bridgehead atoms. The molecule has 0 atom stereocenters. The second-order valence-corrected chi connectivity index (χ2v) is 8.16. The van der Waals surface area contributed by atoms with Crippen molar-refractivity contribution < 1.29 is 4.74 Å². The minimum Gasteiger partial charge on any atom is -0.493 e. The third kappa shape index (κ3) is 6.43. The molecule has 0 fully saturated rings. The lowest BCUT2D eigenvalue weighted by Gasteiger charge is -2.08. The van der Waals surface area contributed by atoms with Gasteiger partial charge >= 0.3 is 0 Å². The molecule has 0 aliphatic carbocycles. The number of aromatic nitrogens is 1. The minimum atomic E-state index is 0.744. The van der Waals surface area contributed by atoms with E-state index in [0.29, 0.717) is 0 Å². The molecule has 0 aliphatic heterocycles. The summed E-state index contributed by atoms with van der Waals surface area (Å²) in [5, 5.41) is 5.17. The molecular weight excluding hydrogens is 378 g/mol. The van der Waals surface area contributed by atoms with Crippen molar-refractivity contribution in [3.8, 4) is 17.0 Å². The molecule has 1 aromatic heterocycles. The van der Waals surface area contributed by atoms with Crippen LogP contribution in [0.1, 0.15) is 49.5 Å². The molecule has 0 radical (unpaired) electrons. The van der Waals surface area contributed by atoms with Gasteiger partial charge in [-0.25, -0.2) is 4.98 Å². The molecule has 0 saturated carbocycles. The SMILES string of the molecule is CCCCCCCOc1ccccc1/C=N\Nc1nc(-c2ccccc2)c(C)s1. The Balaban J connectivity index is 1.57. The van der Waals surface area contributed by atoms with Crippen molar-refractivity contribution in [1.82, 2.24) is 4.98 Å². The number of hydrogen-bond donors (Lipinski definition) is 1. The van der Waals surface area contributed by atoms with E-state index in [0.717, 1.165) is 40.7 Å². The van der Waals surface area contributed by atoms with Crippen LogP contribution < -0.4 is 10.2 Å². The molecule has 3 rings (SSSR count). The fourth-order valence-corrected chi connectivity index (χ4v) is 3.86. The zero-order valence-corrected chi connectivity index (χ0v) is 18.0. The summed E-state index contributed by atoms with van der Waals surface area (Å²) in [6.07, 6.45) is 7.95. The first kappa shape index (κ1) is 21.1. The highest BCUT2D eigenvalue weighted by Crippen LogP contribution is 2.30. The smallest absolute Gasteiger partial charge is 0.204 e. The van der Waals surface area contributed by atoms with Crippen LogP contribution in [0.3, 0.4) is 0 Å². The van der Waals surface area contributed by atoms with Crippen LogP contribution in [-0.4, -0.2) is 17.8 Å². The predicted molar refractivity (Wildman–Crippen MR) is 124 cm³/mol. The highest BCUT2D eigenvalue weighted by molar-refractivity contribution is 7.15. The van der Waals surface area contributed by atoms with Crippen LogP contribution in [0.2, 0.25) is 0 Å². The lowest BCUT2D eigenvalue weighted by molar-refractivity contribution is 0.304. The van der Waals surface area contributed by atoms with E-state index in [4.69, 9.17) is 4.74 Å². The number of nitrogens with one attached hydrogen (secondary N) is 1. The number of hydrazone groups is 1. The molecule has 5 heteroatoms. The quantitative estimate of drug-likeness (QED) is 0.213. The van der Waals surface area contributed by atoms with Crippen molar-refractivity contribution in [3.05, 3.63) is 65.0 Å². The summed E-state index contributed by atoms with van der Waals surface area (Å²) in [6.45, 7) is 5.06. The highest BCUT2D eigenvalue weighted by Gasteiger charge is 2.09. The number of thiazole rings is 1. The number of hydrogen-bond acceptors (Lipinski definition) is 5. The molecular formula is C24H29N3OS. The van der Waals surface area contributed by atoms with Gasteiger partial charge in [0.2, 0.25) is 5.13 Å². The maximum absolute atomic E-state index is 5.97. The third-order valence-electron chi connectivity index (χ3n) is 4.63. The van der Waals surface area contributed by atoms with Crippen LogP contribution in [0, 0.1) is 6.92 Å². The van der Waals surface area contributed by atoms with Crippen LogP contribution in [0.25, 0.3) is 11.3 Å². The molecule has 0 aliphatic rings. The van der Waals surface area contributed by atoms with Gasteiger partial charge in [-0.1, -0.05) is 75.1 Å². The van der Waals surface area contributed by atoms with E-state index in [1.807, 2.05) is 42.5 Å². The van der Waals surface area contributed by atoms with Crippen LogP contribution in [-0.2, 0) is 0 Å². The Morgan fingerprint density at radius 3 is 2.59 bits per heavy atom. The molecule has 0 spiro atoms. The van der Waals surface area contributed by atoms with Gasteiger partial charge in [-0.2, -0.15) is 5.10 Å². The van der Waals surface area contributed by atoms with Crippen molar-refractivity contribution in [3.63, 3.8) is 0 Å². The summed E-state index contributed by atoms with van der Waals surface area (Å²) in [6, 6.07) is 18.2. The molecule has 152 valence electrons. The molecule has 1 N–H and O–H groups in total. The van der Waals surface area contributed by atoms with E-state index in [1.54, 1.807) is 17.6 Å². The minimum absolute atomic E-state index is 0.744. The maximum atomic E-state index is 5.97. The van der Waals surface area contributed by atoms with Crippen LogP contribution in [0.15, 0.2) is 59.7 Å². The van der Waals surface area contributed by atoms with E-state index in [1.165, 1.54) is 30.6 Å². The Hall–Kier alpha value is -2.66. The molecule has 29 heavy (non-hydrogen) atoms. The van der Waals surface area contributed by atoms with Gasteiger partial charge in [-0.15, -0.1) is 11.3 Å². The fourth-order valence-electron chi connectivity index (χ4n) is 3.07. The molecule has 4 nitrogen and oxygen atoms in total. The van der Waals surface area contributed by atoms with Crippen molar-refractivity contribution in [2.75, 3.05) is 12.0 Å². The number of para-hydroxylation sites is 1. The highest BCUT2D eigenvalue weighted by atomic mass is 32.1. The predicted octanol–water partition coefficient (Wildman–Crippen LogP) is 6.91. The van der Waals surface area contributed by atoms with Gasteiger partial charge in [0.15, 0.2) is 0 Å². The zero-order valence-electron chi connectivity index (χ0n) is 17.2. The van der Waals surface area contributed by atoms with Crippen molar-refractivity contribution >= 4 is 22.7 Å². The zero-order chi connectivity index (χ0) is 20.3. The Kier molecular flexibility index (Phi) is 8.25. The second kappa shape index (κ2) is 11.4. The maximum Gasteiger partial charge on any atom is 0.204 e. The average molecular weight is 408 g/mol. The second-order valence-electron chi connectivity index (χ2n) is 6.96. The van der Waals surface area contributed by atoms with E-state index in [2.05, 4.69) is 41.5 Å². The topological polar surface area (TPSA) is 46.5 Å². The molecule has 0 saturated heterocycles. The van der Waals surface area contributed by atoms with Gasteiger partial charge in [0.25, 0.3) is 0 Å². The van der Waals surface area contributed by atoms with Gasteiger partial charge < -0.3 is 4.74 Å². The summed E-state index contributed by atoms with van der Waals surface area (Å²) in [4.78, 5) is 5.85. The van der Waals surface area contributed by atoms with Crippen LogP contribution in [0.5, 0.6) is 5.75 Å². The van der Waals surface area contributed by atoms with E-state index < -0.39 is 0 Å². The largest absolute Gasteiger partial charge is 0.493 e. The summed E-state index contributed by atoms with van der Waals surface area (Å²) >= 11 is 1.60. The molecule has 2 aromatic carbocycles. The van der Waals surface area contributed by atoms with Gasteiger partial charge in [0, 0.05) is 16.0 Å². The first-order valence-corrected chi connectivity index (χ1v) is 11.1. The first-order valence-electron chi connectivity index (χ1n) is 10.3. The Morgan fingerprint density at radius 1 is 1.00 bits per heavy atom. The monoisotopic (exact) mass is 407 g/mol. The fraction of sp³-hybridized carbons (Fsp3) is 0.333. The first-order chi connectivity index (χ1) is 14.3. The number of anilines is 1. The summed E-state index contributed by atoms with van der Waals surface area (Å²) in [5.74, 6) is 0.869. The van der Waals surface area contributed by atoms with Gasteiger partial charge in [-0.3, -0.25) is 5.43 Å². The van der Waals surface area contributed by atoms with Crippen LogP contribution >= 0.6 is 11.3 Å². The number of ether oxygens (including phenoxy) is 1. The number of aryl methyl sites for hydroxylation is 1. The molecule has 0 unspecified atom stereocenters. The number of rotatable bonds is 11. The van der Waals surface area contributed by atoms with Crippen molar-refractivity contribution in [1.29, 1.82) is 0 Å². The van der Waals surface area contributed by atoms with Crippen LogP contribution in [0.4, 0.5) is 5.13 Å². The number of benzene rings is 2. The Morgan fingerprint density at radius 2 is 1.76 bits per heavy atom. The van der Waals surface area contributed by atoms with Gasteiger partial charge in [-0.05, 0) is 25.5 Å². The average Bonchev–Trinajstić information content (AvgIpc) is 3.12. The Bertz CT molecular complexity index is 905. The summed E-state index contributed by atoms with van der Waals surface area (Å²) in [5.41, 5.74) is 6.15. The number of unbranched alkanes of at least 4 members (excludes halogenated alkanes) is 4. The van der Waals surface area contributed by atoms with E-state index >= 15 is 0 Å². The van der Waals surface area contributed by atoms with Crippen molar-refractivity contribution in [2.45, 2.75) is 46.0 Å². The summed E-state index contributed by atoms with van der Waals surface area (Å²) in [7, 11) is 0. The molecule has 1 heterocycles. The standard InChI is InChI=1S/C24H29N3OS/c1-3-4-5-6-12-17-28-22-16-11-10-15-21(22)18-25-27-24-26-23(19(2)29-24)20-13-8-7-9-14-20/h7-11,13-16,18H,3-6,12,17H2,1-2H3,(H,26,27)/b25-18-. The Labute approximate surface area is 177 Å². The molecule has 3 aromatic rings. The lowest BCUT2D eigenvalue weighted by atomic mass is 10.1. The van der Waals surface area contributed by atoms with Crippen molar-refractivity contribution in [2.24, 2.45) is 5.10 Å².